The smallest absolute Gasteiger partial charge is 0.251 e. The molecule has 0 aliphatic rings. The van der Waals surface area contributed by atoms with E-state index >= 15 is 0 Å². The van der Waals surface area contributed by atoms with Crippen LogP contribution in [0.4, 0.5) is 0 Å². The molecule has 38 heavy (non-hydrogen) atoms. The summed E-state index contributed by atoms with van der Waals surface area (Å²) in [6.07, 6.45) is 1.72. The summed E-state index contributed by atoms with van der Waals surface area (Å²) >= 11 is 0. The van der Waals surface area contributed by atoms with E-state index in [1.807, 2.05) is 54.6 Å². The molecule has 1 amide bonds. The molecule has 5 rings (SSSR count). The predicted molar refractivity (Wildman–Crippen MR) is 151 cm³/mol. The van der Waals surface area contributed by atoms with E-state index in [0.29, 0.717) is 25.3 Å². The molecule has 0 unspecified atom stereocenters. The zero-order valence-corrected chi connectivity index (χ0v) is 21.8. The zero-order chi connectivity index (χ0) is 26.5. The second-order valence-corrected chi connectivity index (χ2v) is 9.56. The van der Waals surface area contributed by atoms with E-state index in [4.69, 9.17) is 20.4 Å². The van der Waals surface area contributed by atoms with Crippen molar-refractivity contribution in [1.29, 1.82) is 0 Å². The maximum atomic E-state index is 12.4. The largest absolute Gasteiger partial charge is 0.493 e. The molecule has 0 saturated carbocycles. The third kappa shape index (κ3) is 5.85. The van der Waals surface area contributed by atoms with Crippen molar-refractivity contribution < 1.29 is 9.53 Å². The number of nitrogens with one attached hydrogen (secondary N) is 3. The van der Waals surface area contributed by atoms with Gasteiger partial charge in [0.25, 0.3) is 5.91 Å². The van der Waals surface area contributed by atoms with Crippen molar-refractivity contribution in [1.82, 2.24) is 30.2 Å². The number of aromatic amines is 2. The summed E-state index contributed by atoms with van der Waals surface area (Å²) in [5, 5.41) is 2.88. The molecule has 0 saturated heterocycles. The van der Waals surface area contributed by atoms with Gasteiger partial charge in [0.15, 0.2) is 0 Å². The van der Waals surface area contributed by atoms with Gasteiger partial charge in [0.1, 0.15) is 17.4 Å². The number of amides is 1. The van der Waals surface area contributed by atoms with E-state index in [-0.39, 0.29) is 5.91 Å². The molecule has 196 valence electrons. The van der Waals surface area contributed by atoms with Gasteiger partial charge in [0.2, 0.25) is 0 Å². The van der Waals surface area contributed by atoms with Crippen molar-refractivity contribution in [3.63, 3.8) is 0 Å². The van der Waals surface area contributed by atoms with Crippen LogP contribution in [0.25, 0.3) is 44.8 Å². The molecular formula is C29H33N7O2. The highest BCUT2D eigenvalue weighted by molar-refractivity contribution is 5.97. The van der Waals surface area contributed by atoms with Gasteiger partial charge < -0.3 is 30.7 Å². The first-order valence-electron chi connectivity index (χ1n) is 12.9. The average molecular weight is 512 g/mol. The average Bonchev–Trinajstić information content (AvgIpc) is 3.55. The van der Waals surface area contributed by atoms with Crippen molar-refractivity contribution in [2.45, 2.75) is 12.8 Å². The van der Waals surface area contributed by atoms with Gasteiger partial charge in [0.05, 0.1) is 28.7 Å². The van der Waals surface area contributed by atoms with E-state index in [2.05, 4.69) is 34.3 Å². The standard InChI is InChI=1S/C29H33N7O2/c1-36(2)15-4-16-38-22-10-12-24-26(18-22)35-28(33-24)20-7-5-19(6-8-20)27-32-23-11-9-21(17-25(23)34-27)29(37)31-14-3-13-30/h5-12,17-18H,3-4,13-16,30H2,1-2H3,(H,31,37)(H,32,34)(H,33,35). The molecule has 3 aromatic carbocycles. The van der Waals surface area contributed by atoms with E-state index < -0.39 is 0 Å². The number of carbonyl (C=O) groups is 1. The molecule has 5 aromatic rings. The first-order valence-corrected chi connectivity index (χ1v) is 12.9. The van der Waals surface area contributed by atoms with E-state index in [1.54, 1.807) is 6.07 Å². The lowest BCUT2D eigenvalue weighted by Crippen LogP contribution is -2.25. The number of nitrogens with zero attached hydrogens (tertiary/aromatic N) is 3. The molecule has 9 nitrogen and oxygen atoms in total. The monoisotopic (exact) mass is 511 g/mol. The van der Waals surface area contributed by atoms with Gasteiger partial charge in [0, 0.05) is 35.8 Å². The fraction of sp³-hybridized carbons (Fsp3) is 0.276. The molecule has 0 atom stereocenters. The number of H-pyrrole nitrogens is 2. The molecular weight excluding hydrogens is 478 g/mol. The summed E-state index contributed by atoms with van der Waals surface area (Å²) in [7, 11) is 4.12. The van der Waals surface area contributed by atoms with Crippen molar-refractivity contribution >= 4 is 28.0 Å². The summed E-state index contributed by atoms with van der Waals surface area (Å²) in [4.78, 5) is 30.7. The van der Waals surface area contributed by atoms with Gasteiger partial charge in [-0.25, -0.2) is 9.97 Å². The van der Waals surface area contributed by atoms with Crippen LogP contribution in [0.2, 0.25) is 0 Å². The summed E-state index contributed by atoms with van der Waals surface area (Å²) < 4.78 is 5.90. The lowest BCUT2D eigenvalue weighted by molar-refractivity contribution is 0.0953. The Bertz CT molecular complexity index is 1540. The van der Waals surface area contributed by atoms with Crippen molar-refractivity contribution in [3.8, 4) is 28.5 Å². The molecule has 0 fully saturated rings. The Morgan fingerprint density at radius 2 is 1.53 bits per heavy atom. The summed E-state index contributed by atoms with van der Waals surface area (Å²) in [6.45, 7) is 2.78. The third-order valence-corrected chi connectivity index (χ3v) is 6.31. The number of carbonyl (C=O) groups excluding carboxylic acids is 1. The number of ether oxygens (including phenoxy) is 1. The Balaban J connectivity index is 1.29. The Morgan fingerprint density at radius 3 is 2.16 bits per heavy atom. The number of nitrogens with two attached hydrogens (primary N) is 1. The third-order valence-electron chi connectivity index (χ3n) is 6.31. The van der Waals surface area contributed by atoms with Crippen LogP contribution in [-0.2, 0) is 0 Å². The van der Waals surface area contributed by atoms with Crippen LogP contribution in [0.15, 0.2) is 60.7 Å². The Hall–Kier alpha value is -4.21. The molecule has 0 spiro atoms. The number of hydrogen-bond acceptors (Lipinski definition) is 6. The van der Waals surface area contributed by atoms with Gasteiger partial charge in [-0.1, -0.05) is 24.3 Å². The number of imidazole rings is 2. The van der Waals surface area contributed by atoms with Crippen LogP contribution < -0.4 is 15.8 Å². The van der Waals surface area contributed by atoms with Crippen LogP contribution in [0.1, 0.15) is 23.2 Å². The van der Waals surface area contributed by atoms with Crippen molar-refractivity contribution in [2.24, 2.45) is 5.73 Å². The van der Waals surface area contributed by atoms with Crippen LogP contribution in [-0.4, -0.2) is 71.1 Å². The fourth-order valence-corrected chi connectivity index (χ4v) is 4.27. The lowest BCUT2D eigenvalue weighted by Gasteiger charge is -2.10. The van der Waals surface area contributed by atoms with Gasteiger partial charge in [-0.2, -0.15) is 0 Å². The molecule has 0 aliphatic heterocycles. The minimum absolute atomic E-state index is 0.116. The maximum absolute atomic E-state index is 12.4. The van der Waals surface area contributed by atoms with Gasteiger partial charge >= 0.3 is 0 Å². The molecule has 2 aromatic heterocycles. The number of benzene rings is 3. The lowest BCUT2D eigenvalue weighted by atomic mass is 10.1. The van der Waals surface area contributed by atoms with Gasteiger partial charge in [-0.15, -0.1) is 0 Å². The van der Waals surface area contributed by atoms with E-state index in [9.17, 15) is 4.79 Å². The van der Waals surface area contributed by atoms with E-state index in [1.165, 1.54) is 0 Å². The molecule has 2 heterocycles. The summed E-state index contributed by atoms with van der Waals surface area (Å²) in [6, 6.07) is 19.5. The van der Waals surface area contributed by atoms with Gasteiger partial charge in [-0.3, -0.25) is 4.79 Å². The quantitative estimate of drug-likeness (QED) is 0.197. The number of fused-ring (bicyclic) bond motifs is 2. The minimum atomic E-state index is -0.116. The van der Waals surface area contributed by atoms with Crippen LogP contribution in [0.5, 0.6) is 5.75 Å². The van der Waals surface area contributed by atoms with E-state index in [0.717, 1.165) is 70.0 Å². The minimum Gasteiger partial charge on any atom is -0.493 e. The molecule has 5 N–H and O–H groups in total. The van der Waals surface area contributed by atoms with Crippen LogP contribution >= 0.6 is 0 Å². The Kier molecular flexibility index (Phi) is 7.67. The Morgan fingerprint density at radius 1 is 0.895 bits per heavy atom. The fourth-order valence-electron chi connectivity index (χ4n) is 4.27. The number of rotatable bonds is 11. The van der Waals surface area contributed by atoms with Crippen molar-refractivity contribution in [3.05, 3.63) is 66.2 Å². The molecule has 0 aliphatic carbocycles. The normalized spacial score (nSPS) is 11.5. The molecule has 9 heteroatoms. The van der Waals surface area contributed by atoms with Crippen molar-refractivity contribution in [2.75, 3.05) is 40.3 Å². The predicted octanol–water partition coefficient (Wildman–Crippen LogP) is 4.18. The van der Waals surface area contributed by atoms with Crippen LogP contribution in [0.3, 0.4) is 0 Å². The number of hydrogen-bond donors (Lipinski definition) is 4. The second kappa shape index (κ2) is 11.5. The first kappa shape index (κ1) is 25.4. The molecule has 0 bridgehead atoms. The van der Waals surface area contributed by atoms with Gasteiger partial charge in [-0.05, 0) is 63.8 Å². The SMILES string of the molecule is CN(C)CCCOc1ccc2nc(-c3ccc(-c4nc5ccc(C(=O)NCCCN)cc5[nH]4)cc3)[nH]c2c1. The zero-order valence-electron chi connectivity index (χ0n) is 21.8. The number of aromatic nitrogens is 4. The summed E-state index contributed by atoms with van der Waals surface area (Å²) in [5.74, 6) is 2.26. The Labute approximate surface area is 221 Å². The first-order chi connectivity index (χ1) is 18.5. The highest BCUT2D eigenvalue weighted by Crippen LogP contribution is 2.27. The molecule has 0 radical (unpaired) electrons. The highest BCUT2D eigenvalue weighted by atomic mass is 16.5. The highest BCUT2D eigenvalue weighted by Gasteiger charge is 2.11. The topological polar surface area (TPSA) is 125 Å². The van der Waals surface area contributed by atoms with Crippen LogP contribution in [0, 0.1) is 0 Å². The summed E-state index contributed by atoms with van der Waals surface area (Å²) in [5.41, 5.74) is 11.5. The second-order valence-electron chi connectivity index (χ2n) is 9.56. The maximum Gasteiger partial charge on any atom is 0.251 e.